The zero-order valence-corrected chi connectivity index (χ0v) is 11.0. The third-order valence-electron chi connectivity index (χ3n) is 3.60. The summed E-state index contributed by atoms with van der Waals surface area (Å²) in [6, 6.07) is 11.2. The van der Waals surface area contributed by atoms with Crippen LogP contribution in [0.25, 0.3) is 22.0 Å². The first-order valence-electron chi connectivity index (χ1n) is 6.54. The molecule has 21 heavy (non-hydrogen) atoms. The minimum absolute atomic E-state index is 0.220. The van der Waals surface area contributed by atoms with Crippen LogP contribution in [0.15, 0.2) is 41.2 Å². The largest absolute Gasteiger partial charge is 0.456 e. The van der Waals surface area contributed by atoms with Gasteiger partial charge in [-0.25, -0.2) is 5.10 Å². The molecule has 3 aromatic rings. The molecule has 4 N–H and O–H groups in total. The molecule has 0 saturated heterocycles. The number of ether oxygens (including phenoxy) is 1. The van der Waals surface area contributed by atoms with E-state index in [9.17, 15) is 4.79 Å². The van der Waals surface area contributed by atoms with E-state index in [1.807, 2.05) is 24.3 Å². The van der Waals surface area contributed by atoms with E-state index in [0.717, 1.165) is 28.0 Å². The van der Waals surface area contributed by atoms with Crippen molar-refractivity contribution in [3.8, 4) is 22.8 Å². The summed E-state index contributed by atoms with van der Waals surface area (Å²) in [5.74, 6) is 6.73. The van der Waals surface area contributed by atoms with Gasteiger partial charge in [0.05, 0.1) is 10.8 Å². The first kappa shape index (κ1) is 12.1. The number of hydrogen-bond acceptors (Lipinski definition) is 5. The molecule has 0 spiro atoms. The van der Waals surface area contributed by atoms with Gasteiger partial charge in [-0.1, -0.05) is 12.1 Å². The number of fused-ring (bicyclic) bond motifs is 2. The van der Waals surface area contributed by atoms with Gasteiger partial charge in [0.2, 0.25) is 0 Å². The molecule has 6 heteroatoms. The van der Waals surface area contributed by atoms with Crippen LogP contribution in [0.2, 0.25) is 0 Å². The average molecular weight is 280 g/mol. The molecule has 2 aromatic carbocycles. The van der Waals surface area contributed by atoms with E-state index in [4.69, 9.17) is 10.6 Å². The van der Waals surface area contributed by atoms with Crippen molar-refractivity contribution in [3.63, 3.8) is 0 Å². The van der Waals surface area contributed by atoms with E-state index in [2.05, 4.69) is 15.6 Å². The lowest BCUT2D eigenvalue weighted by atomic mass is 9.99. The number of hydrazine groups is 1. The molecular formula is C15H12N4O2. The molecule has 4 rings (SSSR count). The molecule has 0 radical (unpaired) electrons. The van der Waals surface area contributed by atoms with Gasteiger partial charge < -0.3 is 4.74 Å². The predicted octanol–water partition coefficient (Wildman–Crippen LogP) is 1.66. The minimum Gasteiger partial charge on any atom is -0.456 e. The van der Waals surface area contributed by atoms with Crippen molar-refractivity contribution in [1.29, 1.82) is 0 Å². The Labute approximate surface area is 119 Å². The Morgan fingerprint density at radius 2 is 2.14 bits per heavy atom. The SMILES string of the molecule is NNCc1ccc2c(c1)-c1n[nH]c(=O)c3cccc(c13)O2. The highest BCUT2D eigenvalue weighted by Gasteiger charge is 2.22. The summed E-state index contributed by atoms with van der Waals surface area (Å²) < 4.78 is 5.89. The van der Waals surface area contributed by atoms with Gasteiger partial charge in [-0.15, -0.1) is 0 Å². The van der Waals surface area contributed by atoms with Gasteiger partial charge in [0.15, 0.2) is 0 Å². The molecule has 0 fully saturated rings. The maximum Gasteiger partial charge on any atom is 0.272 e. The van der Waals surface area contributed by atoms with Crippen molar-refractivity contribution in [2.24, 2.45) is 5.84 Å². The molecule has 1 aliphatic heterocycles. The van der Waals surface area contributed by atoms with Gasteiger partial charge in [-0.05, 0) is 29.8 Å². The molecule has 2 heterocycles. The Balaban J connectivity index is 2.06. The molecule has 0 aliphatic carbocycles. The van der Waals surface area contributed by atoms with Crippen molar-refractivity contribution in [2.45, 2.75) is 6.54 Å². The van der Waals surface area contributed by atoms with Gasteiger partial charge in [-0.2, -0.15) is 5.10 Å². The smallest absolute Gasteiger partial charge is 0.272 e. The zero-order chi connectivity index (χ0) is 14.4. The van der Waals surface area contributed by atoms with E-state index < -0.39 is 0 Å². The number of nitrogens with one attached hydrogen (secondary N) is 2. The molecule has 0 unspecified atom stereocenters. The van der Waals surface area contributed by atoms with Gasteiger partial charge >= 0.3 is 0 Å². The van der Waals surface area contributed by atoms with E-state index >= 15 is 0 Å². The first-order chi connectivity index (χ1) is 10.3. The highest BCUT2D eigenvalue weighted by atomic mass is 16.5. The van der Waals surface area contributed by atoms with Crippen molar-refractivity contribution in [1.82, 2.24) is 15.6 Å². The average Bonchev–Trinajstić information content (AvgIpc) is 2.51. The third kappa shape index (κ3) is 1.74. The van der Waals surface area contributed by atoms with Crippen molar-refractivity contribution in [3.05, 3.63) is 52.3 Å². The van der Waals surface area contributed by atoms with Crippen LogP contribution in [0.4, 0.5) is 0 Å². The second-order valence-corrected chi connectivity index (χ2v) is 4.89. The number of H-pyrrole nitrogens is 1. The standard InChI is InChI=1S/C15H12N4O2/c16-17-7-8-4-5-11-10(6-8)14-13-9(15(20)19-18-14)2-1-3-12(13)21-11/h1-6,17H,7,16H2,(H,19,20). The third-order valence-corrected chi connectivity index (χ3v) is 3.60. The number of nitrogens with two attached hydrogens (primary N) is 1. The van der Waals surface area contributed by atoms with Gasteiger partial charge in [0.1, 0.15) is 17.2 Å². The van der Waals surface area contributed by atoms with Crippen LogP contribution >= 0.6 is 0 Å². The van der Waals surface area contributed by atoms with E-state index in [0.29, 0.717) is 17.7 Å². The summed E-state index contributed by atoms with van der Waals surface area (Å²) in [6.07, 6.45) is 0. The second-order valence-electron chi connectivity index (χ2n) is 4.89. The first-order valence-corrected chi connectivity index (χ1v) is 6.54. The number of benzene rings is 2. The quantitative estimate of drug-likeness (QED) is 0.383. The molecule has 0 saturated carbocycles. The minimum atomic E-state index is -0.220. The van der Waals surface area contributed by atoms with Gasteiger partial charge in [-0.3, -0.25) is 16.1 Å². The van der Waals surface area contributed by atoms with Gasteiger partial charge in [0.25, 0.3) is 5.56 Å². The molecular weight excluding hydrogens is 268 g/mol. The van der Waals surface area contributed by atoms with Crippen LogP contribution in [-0.4, -0.2) is 10.2 Å². The molecule has 1 aromatic heterocycles. The van der Waals surface area contributed by atoms with Gasteiger partial charge in [0, 0.05) is 12.1 Å². The summed E-state index contributed by atoms with van der Waals surface area (Å²) in [5, 5.41) is 8.07. The summed E-state index contributed by atoms with van der Waals surface area (Å²) >= 11 is 0. The molecule has 104 valence electrons. The number of rotatable bonds is 2. The lowest BCUT2D eigenvalue weighted by Gasteiger charge is -2.20. The van der Waals surface area contributed by atoms with E-state index in [1.165, 1.54) is 0 Å². The maximum absolute atomic E-state index is 11.9. The molecule has 0 amide bonds. The van der Waals surface area contributed by atoms with Crippen molar-refractivity contribution in [2.75, 3.05) is 0 Å². The summed E-state index contributed by atoms with van der Waals surface area (Å²) in [4.78, 5) is 11.9. The monoisotopic (exact) mass is 280 g/mol. The van der Waals surface area contributed by atoms with E-state index in [-0.39, 0.29) is 5.56 Å². The van der Waals surface area contributed by atoms with Crippen LogP contribution in [0.1, 0.15) is 5.56 Å². The number of hydrogen-bond donors (Lipinski definition) is 3. The summed E-state index contributed by atoms with van der Waals surface area (Å²) in [7, 11) is 0. The fourth-order valence-corrected chi connectivity index (χ4v) is 2.66. The Bertz CT molecular complexity index is 917. The maximum atomic E-state index is 11.9. The predicted molar refractivity (Wildman–Crippen MR) is 78.9 cm³/mol. The Hall–Kier alpha value is -2.70. The fourth-order valence-electron chi connectivity index (χ4n) is 2.66. The number of aromatic amines is 1. The lowest BCUT2D eigenvalue weighted by Crippen LogP contribution is -2.20. The number of nitrogens with zero attached hydrogens (tertiary/aromatic N) is 1. The second kappa shape index (κ2) is 4.41. The van der Waals surface area contributed by atoms with Crippen molar-refractivity contribution < 1.29 is 4.74 Å². The van der Waals surface area contributed by atoms with Crippen LogP contribution in [0.3, 0.4) is 0 Å². The van der Waals surface area contributed by atoms with Crippen LogP contribution in [0.5, 0.6) is 11.5 Å². The lowest BCUT2D eigenvalue weighted by molar-refractivity contribution is 0.485. The molecule has 0 bridgehead atoms. The van der Waals surface area contributed by atoms with Crippen LogP contribution in [0, 0.1) is 0 Å². The summed E-state index contributed by atoms with van der Waals surface area (Å²) in [5.41, 5.74) is 4.99. The van der Waals surface area contributed by atoms with Crippen molar-refractivity contribution >= 4 is 10.8 Å². The molecule has 0 atom stereocenters. The Morgan fingerprint density at radius 3 is 3.00 bits per heavy atom. The normalized spacial score (nSPS) is 12.0. The zero-order valence-electron chi connectivity index (χ0n) is 11.0. The Morgan fingerprint density at radius 1 is 1.24 bits per heavy atom. The van der Waals surface area contributed by atoms with Crippen LogP contribution < -0.4 is 21.6 Å². The highest BCUT2D eigenvalue weighted by molar-refractivity contribution is 6.01. The number of aromatic nitrogens is 2. The Kier molecular flexibility index (Phi) is 2.53. The summed E-state index contributed by atoms with van der Waals surface area (Å²) in [6.45, 7) is 0.543. The van der Waals surface area contributed by atoms with E-state index in [1.54, 1.807) is 12.1 Å². The molecule has 6 nitrogen and oxygen atoms in total. The topological polar surface area (TPSA) is 93.0 Å². The highest BCUT2D eigenvalue weighted by Crippen LogP contribution is 2.44. The van der Waals surface area contributed by atoms with Crippen LogP contribution in [-0.2, 0) is 6.54 Å². The fraction of sp³-hybridized carbons (Fsp3) is 0.0667. The molecule has 1 aliphatic rings.